The van der Waals surface area contributed by atoms with E-state index in [1.165, 1.54) is 12.1 Å². The zero-order valence-corrected chi connectivity index (χ0v) is 15.0. The highest BCUT2D eigenvalue weighted by atomic mass is 19.4. The molecule has 0 amide bonds. The van der Waals surface area contributed by atoms with Gasteiger partial charge in [0.1, 0.15) is 5.75 Å². The highest BCUT2D eigenvalue weighted by molar-refractivity contribution is 5.79. The van der Waals surface area contributed by atoms with Gasteiger partial charge in [-0.1, -0.05) is 18.2 Å². The van der Waals surface area contributed by atoms with Crippen molar-refractivity contribution in [2.45, 2.75) is 25.9 Å². The maximum Gasteiger partial charge on any atom is 0.573 e. The molecule has 146 valence electrons. The Kier molecular flexibility index (Phi) is 7.52. The van der Waals surface area contributed by atoms with Gasteiger partial charge in [-0.3, -0.25) is 0 Å². The molecule has 1 aliphatic rings. The number of rotatable bonds is 6. The van der Waals surface area contributed by atoms with E-state index in [0.717, 1.165) is 13.1 Å². The lowest BCUT2D eigenvalue weighted by Gasteiger charge is -2.30. The number of guanidine groups is 1. The molecule has 1 fully saturated rings. The number of morpholine rings is 1. The van der Waals surface area contributed by atoms with Crippen LogP contribution in [0.4, 0.5) is 13.2 Å². The predicted octanol–water partition coefficient (Wildman–Crippen LogP) is 1.97. The van der Waals surface area contributed by atoms with Crippen LogP contribution in [0.1, 0.15) is 12.5 Å². The summed E-state index contributed by atoms with van der Waals surface area (Å²) in [5, 5.41) is 6.25. The van der Waals surface area contributed by atoms with Crippen LogP contribution in [0.5, 0.6) is 5.75 Å². The maximum atomic E-state index is 12.5. The fraction of sp³-hybridized carbons (Fsp3) is 0.588. The molecule has 0 saturated carbocycles. The first kappa shape index (κ1) is 20.3. The molecule has 2 N–H and O–H groups in total. The Balaban J connectivity index is 1.98. The van der Waals surface area contributed by atoms with Crippen LogP contribution in [0.25, 0.3) is 0 Å². The minimum atomic E-state index is -4.73. The number of benzene rings is 1. The van der Waals surface area contributed by atoms with Gasteiger partial charge < -0.3 is 25.0 Å². The van der Waals surface area contributed by atoms with Crippen LogP contribution < -0.4 is 15.4 Å². The Morgan fingerprint density at radius 1 is 1.35 bits per heavy atom. The van der Waals surface area contributed by atoms with Crippen molar-refractivity contribution in [3.05, 3.63) is 29.8 Å². The summed E-state index contributed by atoms with van der Waals surface area (Å²) in [5.41, 5.74) is 0.357. The third-order valence-corrected chi connectivity index (χ3v) is 3.79. The normalized spacial score (nSPS) is 19.3. The summed E-state index contributed by atoms with van der Waals surface area (Å²) in [6.07, 6.45) is -4.69. The summed E-state index contributed by atoms with van der Waals surface area (Å²) in [7, 11) is 2.03. The molecular weight excluding hydrogens is 349 g/mol. The number of hydrogen-bond acceptors (Lipinski definition) is 4. The first-order valence-electron chi connectivity index (χ1n) is 8.53. The van der Waals surface area contributed by atoms with E-state index in [0.29, 0.717) is 31.2 Å². The van der Waals surface area contributed by atoms with Gasteiger partial charge in [0.05, 0.1) is 19.3 Å². The van der Waals surface area contributed by atoms with Crippen LogP contribution in [0.3, 0.4) is 0 Å². The molecule has 0 aromatic heterocycles. The summed E-state index contributed by atoms with van der Waals surface area (Å²) in [6.45, 7) is 5.58. The molecule has 1 atom stereocenters. The SMILES string of the molecule is CCNC(=NCc1ccccc1OC(F)(F)F)NCC1CN(C)CCO1. The summed E-state index contributed by atoms with van der Waals surface area (Å²) in [4.78, 5) is 6.54. The van der Waals surface area contributed by atoms with Gasteiger partial charge in [0.2, 0.25) is 0 Å². The first-order valence-corrected chi connectivity index (χ1v) is 8.53. The average molecular weight is 374 g/mol. The quantitative estimate of drug-likeness (QED) is 0.589. The van der Waals surface area contributed by atoms with Crippen molar-refractivity contribution in [2.24, 2.45) is 4.99 Å². The van der Waals surface area contributed by atoms with E-state index in [2.05, 4.69) is 25.3 Å². The number of nitrogens with zero attached hydrogens (tertiary/aromatic N) is 2. The molecule has 2 rings (SSSR count). The van der Waals surface area contributed by atoms with Gasteiger partial charge in [0, 0.05) is 31.7 Å². The standard InChI is InChI=1S/C17H25F3N4O2/c1-3-21-16(23-11-14-12-24(2)8-9-25-14)22-10-13-6-4-5-7-15(13)26-17(18,19)20/h4-7,14H,3,8-12H2,1-2H3,(H2,21,22,23). The number of para-hydroxylation sites is 1. The van der Waals surface area contributed by atoms with Gasteiger partial charge in [-0.25, -0.2) is 4.99 Å². The molecule has 1 heterocycles. The Morgan fingerprint density at radius 3 is 2.81 bits per heavy atom. The Morgan fingerprint density at radius 2 is 2.12 bits per heavy atom. The number of nitrogens with one attached hydrogen (secondary N) is 2. The Hall–Kier alpha value is -2.00. The Labute approximate surface area is 151 Å². The number of ether oxygens (including phenoxy) is 2. The van der Waals surface area contributed by atoms with Crippen LogP contribution in [0, 0.1) is 0 Å². The third kappa shape index (κ3) is 7.09. The van der Waals surface area contributed by atoms with Crippen molar-refractivity contribution in [3.8, 4) is 5.75 Å². The topological polar surface area (TPSA) is 58.1 Å². The van der Waals surface area contributed by atoms with Gasteiger partial charge in [-0.05, 0) is 20.0 Å². The number of aliphatic imine (C=N–C) groups is 1. The molecule has 0 aliphatic carbocycles. The predicted molar refractivity (Wildman–Crippen MR) is 93.2 cm³/mol. The van der Waals surface area contributed by atoms with E-state index in [4.69, 9.17) is 4.74 Å². The molecule has 1 aromatic rings. The number of hydrogen-bond donors (Lipinski definition) is 2. The molecule has 0 radical (unpaired) electrons. The van der Waals surface area contributed by atoms with Crippen molar-refractivity contribution in [2.75, 3.05) is 39.8 Å². The third-order valence-electron chi connectivity index (χ3n) is 3.79. The smallest absolute Gasteiger partial charge is 0.405 e. The lowest BCUT2D eigenvalue weighted by atomic mass is 10.2. The Bertz CT molecular complexity index is 596. The van der Waals surface area contributed by atoms with Gasteiger partial charge in [0.15, 0.2) is 5.96 Å². The molecule has 26 heavy (non-hydrogen) atoms. The lowest BCUT2D eigenvalue weighted by Crippen LogP contribution is -2.48. The van der Waals surface area contributed by atoms with Crippen LogP contribution in [-0.4, -0.2) is 63.2 Å². The molecular formula is C17H25F3N4O2. The van der Waals surface area contributed by atoms with E-state index in [-0.39, 0.29) is 18.4 Å². The molecule has 9 heteroatoms. The van der Waals surface area contributed by atoms with Gasteiger partial charge in [-0.15, -0.1) is 13.2 Å². The summed E-state index contributed by atoms with van der Waals surface area (Å²) >= 11 is 0. The molecule has 1 saturated heterocycles. The highest BCUT2D eigenvalue weighted by Crippen LogP contribution is 2.26. The second kappa shape index (κ2) is 9.63. The summed E-state index contributed by atoms with van der Waals surface area (Å²) < 4.78 is 47.2. The summed E-state index contributed by atoms with van der Waals surface area (Å²) in [5.74, 6) is 0.281. The van der Waals surface area contributed by atoms with Gasteiger partial charge in [0.25, 0.3) is 0 Å². The maximum absolute atomic E-state index is 12.5. The molecule has 1 aliphatic heterocycles. The van der Waals surface area contributed by atoms with Crippen LogP contribution in [-0.2, 0) is 11.3 Å². The minimum absolute atomic E-state index is 0.0402. The van der Waals surface area contributed by atoms with Crippen LogP contribution in [0.15, 0.2) is 29.3 Å². The van der Waals surface area contributed by atoms with E-state index < -0.39 is 6.36 Å². The van der Waals surface area contributed by atoms with E-state index in [1.54, 1.807) is 12.1 Å². The van der Waals surface area contributed by atoms with E-state index >= 15 is 0 Å². The molecule has 1 unspecified atom stereocenters. The lowest BCUT2D eigenvalue weighted by molar-refractivity contribution is -0.274. The second-order valence-corrected chi connectivity index (χ2v) is 5.99. The molecule has 0 spiro atoms. The van der Waals surface area contributed by atoms with Crippen molar-refractivity contribution >= 4 is 5.96 Å². The number of likely N-dealkylation sites (N-methyl/N-ethyl adjacent to an activating group) is 1. The number of alkyl halides is 3. The second-order valence-electron chi connectivity index (χ2n) is 5.99. The zero-order valence-electron chi connectivity index (χ0n) is 15.0. The van der Waals surface area contributed by atoms with Crippen LogP contribution in [0.2, 0.25) is 0 Å². The fourth-order valence-electron chi connectivity index (χ4n) is 2.57. The van der Waals surface area contributed by atoms with Crippen molar-refractivity contribution < 1.29 is 22.6 Å². The van der Waals surface area contributed by atoms with E-state index in [1.807, 2.05) is 14.0 Å². The average Bonchev–Trinajstić information content (AvgIpc) is 2.57. The fourth-order valence-corrected chi connectivity index (χ4v) is 2.57. The molecule has 6 nitrogen and oxygen atoms in total. The largest absolute Gasteiger partial charge is 0.573 e. The molecule has 0 bridgehead atoms. The van der Waals surface area contributed by atoms with Gasteiger partial charge >= 0.3 is 6.36 Å². The van der Waals surface area contributed by atoms with Crippen molar-refractivity contribution in [1.82, 2.24) is 15.5 Å². The van der Waals surface area contributed by atoms with Crippen LogP contribution >= 0.6 is 0 Å². The summed E-state index contributed by atoms with van der Waals surface area (Å²) in [6, 6.07) is 5.99. The number of halogens is 3. The highest BCUT2D eigenvalue weighted by Gasteiger charge is 2.31. The van der Waals surface area contributed by atoms with E-state index in [9.17, 15) is 13.2 Å². The minimum Gasteiger partial charge on any atom is -0.405 e. The van der Waals surface area contributed by atoms with Crippen molar-refractivity contribution in [1.29, 1.82) is 0 Å². The zero-order chi connectivity index (χ0) is 19.0. The molecule has 1 aromatic carbocycles. The monoisotopic (exact) mass is 374 g/mol. The van der Waals surface area contributed by atoms with Crippen molar-refractivity contribution in [3.63, 3.8) is 0 Å². The van der Waals surface area contributed by atoms with Gasteiger partial charge in [-0.2, -0.15) is 0 Å². The first-order chi connectivity index (χ1) is 12.4.